The summed E-state index contributed by atoms with van der Waals surface area (Å²) in [6.45, 7) is 5.11. The number of rotatable bonds is 10. The van der Waals surface area contributed by atoms with Gasteiger partial charge in [-0.05, 0) is 36.8 Å². The van der Waals surface area contributed by atoms with E-state index < -0.39 is 17.5 Å². The lowest BCUT2D eigenvalue weighted by molar-refractivity contribution is -0.137. The van der Waals surface area contributed by atoms with Gasteiger partial charge in [-0.2, -0.15) is 13.2 Å². The molecule has 0 unspecified atom stereocenters. The number of hydrogen-bond acceptors (Lipinski definition) is 7. The quantitative estimate of drug-likeness (QED) is 0.209. The van der Waals surface area contributed by atoms with E-state index in [4.69, 9.17) is 20.6 Å². The number of aryl methyl sites for hydroxylation is 1. The summed E-state index contributed by atoms with van der Waals surface area (Å²) < 4.78 is 56.0. The zero-order valence-corrected chi connectivity index (χ0v) is 21.5. The van der Waals surface area contributed by atoms with Gasteiger partial charge in [0.25, 0.3) is 0 Å². The second-order valence-corrected chi connectivity index (χ2v) is 8.91. The monoisotopic (exact) mass is 539 g/mol. The van der Waals surface area contributed by atoms with Crippen molar-refractivity contribution < 1.29 is 32.2 Å². The number of terminal acetylenes is 1. The normalized spacial score (nSPS) is 13.7. The van der Waals surface area contributed by atoms with Crippen molar-refractivity contribution >= 4 is 11.5 Å². The van der Waals surface area contributed by atoms with Crippen LogP contribution in [-0.2, 0) is 22.1 Å². The van der Waals surface area contributed by atoms with Crippen LogP contribution in [0.4, 0.5) is 18.9 Å². The number of ether oxygens (including phenoxy) is 3. The maximum atomic E-state index is 13.1. The Hall–Kier alpha value is -3.94. The van der Waals surface area contributed by atoms with Gasteiger partial charge in [0.1, 0.15) is 18.9 Å². The number of pyridine rings is 2. The summed E-state index contributed by atoms with van der Waals surface area (Å²) in [5.74, 6) is 2.43. The van der Waals surface area contributed by atoms with Gasteiger partial charge in [0.15, 0.2) is 5.78 Å². The highest BCUT2D eigenvalue weighted by Gasteiger charge is 2.31. The lowest BCUT2D eigenvalue weighted by Crippen LogP contribution is -2.36. The summed E-state index contributed by atoms with van der Waals surface area (Å²) in [7, 11) is 0. The largest absolute Gasteiger partial charge is 0.474 e. The number of hydrogen-bond donors (Lipinski definition) is 0. The molecule has 0 spiro atoms. The van der Waals surface area contributed by atoms with Crippen LogP contribution in [0.25, 0.3) is 11.1 Å². The van der Waals surface area contributed by atoms with Gasteiger partial charge in [-0.1, -0.05) is 18.1 Å². The van der Waals surface area contributed by atoms with Crippen LogP contribution in [0.2, 0.25) is 0 Å². The predicted octanol–water partition coefficient (Wildman–Crippen LogP) is 4.76. The predicted molar refractivity (Wildman–Crippen MR) is 140 cm³/mol. The average Bonchev–Trinajstić information content (AvgIpc) is 2.94. The fraction of sp³-hybridized carbons (Fsp3) is 0.345. The number of Topliss-reactive ketones (excluding diaryl/α,β-unsaturated/α-hetero) is 1. The molecule has 3 heterocycles. The Labute approximate surface area is 224 Å². The third-order valence-corrected chi connectivity index (χ3v) is 6.17. The topological polar surface area (TPSA) is 73.8 Å². The number of aromatic nitrogens is 2. The third-order valence-electron chi connectivity index (χ3n) is 6.17. The molecule has 39 heavy (non-hydrogen) atoms. The van der Waals surface area contributed by atoms with Gasteiger partial charge in [0.2, 0.25) is 5.88 Å². The minimum absolute atomic E-state index is 0.00375. The molecule has 204 valence electrons. The fourth-order valence-corrected chi connectivity index (χ4v) is 4.18. The number of carbonyl (C=O) groups excluding carboxylic acids is 1. The first-order chi connectivity index (χ1) is 18.8. The second-order valence-electron chi connectivity index (χ2n) is 8.91. The molecule has 4 rings (SSSR count). The molecule has 1 fully saturated rings. The molecule has 1 aliphatic rings. The van der Waals surface area contributed by atoms with Gasteiger partial charge in [-0.3, -0.25) is 9.78 Å². The molecule has 1 saturated heterocycles. The molecule has 0 bridgehead atoms. The SMILES string of the molecule is C#CCOCCOc1ncc(-c2cc(CC(=O)c3cccc(C(F)(F)F)c3)cnc2C)cc1N1CCOCC1. The van der Waals surface area contributed by atoms with Crippen LogP contribution < -0.4 is 9.64 Å². The molecule has 10 heteroatoms. The maximum absolute atomic E-state index is 13.1. The van der Waals surface area contributed by atoms with E-state index in [1.165, 1.54) is 12.1 Å². The molecule has 0 saturated carbocycles. The van der Waals surface area contributed by atoms with Crippen molar-refractivity contribution in [2.45, 2.75) is 19.5 Å². The van der Waals surface area contributed by atoms with Crippen LogP contribution in [0.3, 0.4) is 0 Å². The number of nitrogens with zero attached hydrogens (tertiary/aromatic N) is 3. The highest BCUT2D eigenvalue weighted by molar-refractivity contribution is 5.97. The summed E-state index contributed by atoms with van der Waals surface area (Å²) in [5, 5.41) is 0. The van der Waals surface area contributed by atoms with Gasteiger partial charge >= 0.3 is 6.18 Å². The highest BCUT2D eigenvalue weighted by Crippen LogP contribution is 2.34. The van der Waals surface area contributed by atoms with E-state index in [9.17, 15) is 18.0 Å². The van der Waals surface area contributed by atoms with Gasteiger partial charge < -0.3 is 19.1 Å². The van der Waals surface area contributed by atoms with Crippen molar-refractivity contribution in [3.05, 3.63) is 71.2 Å². The number of morpholine rings is 1. The van der Waals surface area contributed by atoms with E-state index in [0.29, 0.717) is 44.4 Å². The van der Waals surface area contributed by atoms with Crippen LogP contribution >= 0.6 is 0 Å². The number of halogens is 3. The summed E-state index contributed by atoms with van der Waals surface area (Å²) >= 11 is 0. The van der Waals surface area contributed by atoms with Crippen LogP contribution in [0.1, 0.15) is 27.2 Å². The second kappa shape index (κ2) is 12.7. The lowest BCUT2D eigenvalue weighted by Gasteiger charge is -2.30. The van der Waals surface area contributed by atoms with Gasteiger partial charge in [0.05, 0.1) is 25.4 Å². The molecule has 7 nitrogen and oxygen atoms in total. The molecular formula is C29H28F3N3O4. The molecule has 0 aliphatic carbocycles. The number of carbonyl (C=O) groups is 1. The Morgan fingerprint density at radius 2 is 1.92 bits per heavy atom. The molecule has 2 aromatic heterocycles. The fourth-order valence-electron chi connectivity index (χ4n) is 4.18. The molecule has 1 aliphatic heterocycles. The number of anilines is 1. The van der Waals surface area contributed by atoms with Crippen molar-refractivity contribution in [2.24, 2.45) is 0 Å². The minimum atomic E-state index is -4.52. The Morgan fingerprint density at radius 3 is 2.67 bits per heavy atom. The van der Waals surface area contributed by atoms with E-state index in [1.54, 1.807) is 12.4 Å². The summed E-state index contributed by atoms with van der Waals surface area (Å²) in [4.78, 5) is 24.0. The zero-order valence-electron chi connectivity index (χ0n) is 21.5. The first kappa shape index (κ1) is 28.1. The van der Waals surface area contributed by atoms with Crippen LogP contribution in [0.5, 0.6) is 5.88 Å². The Morgan fingerprint density at radius 1 is 1.13 bits per heavy atom. The average molecular weight is 540 g/mol. The van der Waals surface area contributed by atoms with Crippen LogP contribution in [0, 0.1) is 19.3 Å². The Balaban J connectivity index is 1.58. The van der Waals surface area contributed by atoms with E-state index in [0.717, 1.165) is 34.6 Å². The van der Waals surface area contributed by atoms with Crippen LogP contribution in [-0.4, -0.2) is 61.9 Å². The van der Waals surface area contributed by atoms with E-state index in [-0.39, 0.29) is 25.2 Å². The van der Waals surface area contributed by atoms with Crippen molar-refractivity contribution in [3.63, 3.8) is 0 Å². The first-order valence-corrected chi connectivity index (χ1v) is 12.4. The molecule has 0 atom stereocenters. The standard InChI is InChI=1S/C29H28F3N3O4/c1-3-9-37-12-13-39-28-26(35-7-10-38-11-8-35)17-23(19-34-28)25-14-21(18-33-20(25)2)15-27(36)22-5-4-6-24(16-22)29(30,31)32/h1,4-6,14,16-19H,7-13,15H2,2H3. The molecule has 1 aromatic carbocycles. The van der Waals surface area contributed by atoms with Crippen molar-refractivity contribution in [3.8, 4) is 29.4 Å². The van der Waals surface area contributed by atoms with Crippen LogP contribution in [0.15, 0.2) is 48.8 Å². The Bertz CT molecular complexity index is 1350. The molecule has 0 N–H and O–H groups in total. The summed E-state index contributed by atoms with van der Waals surface area (Å²) in [5.41, 5.74) is 2.76. The molecule has 3 aromatic rings. The van der Waals surface area contributed by atoms with Gasteiger partial charge in [0, 0.05) is 54.3 Å². The lowest BCUT2D eigenvalue weighted by atomic mass is 9.98. The summed E-state index contributed by atoms with van der Waals surface area (Å²) in [6, 6.07) is 8.22. The zero-order chi connectivity index (χ0) is 27.8. The first-order valence-electron chi connectivity index (χ1n) is 12.4. The number of ketones is 1. The maximum Gasteiger partial charge on any atom is 0.416 e. The molecule has 0 amide bonds. The highest BCUT2D eigenvalue weighted by atomic mass is 19.4. The minimum Gasteiger partial charge on any atom is -0.474 e. The molecular weight excluding hydrogens is 511 g/mol. The smallest absolute Gasteiger partial charge is 0.416 e. The van der Waals surface area contributed by atoms with Crippen molar-refractivity contribution in [1.82, 2.24) is 9.97 Å². The number of benzene rings is 1. The van der Waals surface area contributed by atoms with Crippen molar-refractivity contribution in [2.75, 3.05) is 51.0 Å². The van der Waals surface area contributed by atoms with E-state index >= 15 is 0 Å². The van der Waals surface area contributed by atoms with Gasteiger partial charge in [-0.25, -0.2) is 4.98 Å². The number of alkyl halides is 3. The van der Waals surface area contributed by atoms with Gasteiger partial charge in [-0.15, -0.1) is 6.42 Å². The van der Waals surface area contributed by atoms with E-state index in [1.807, 2.05) is 19.1 Å². The summed E-state index contributed by atoms with van der Waals surface area (Å²) in [6.07, 6.45) is 3.82. The van der Waals surface area contributed by atoms with Crippen molar-refractivity contribution in [1.29, 1.82) is 0 Å². The molecule has 0 radical (unpaired) electrons. The Kier molecular flexibility index (Phi) is 9.17. The van der Waals surface area contributed by atoms with E-state index in [2.05, 4.69) is 20.8 Å². The third kappa shape index (κ3) is 7.34.